The van der Waals surface area contributed by atoms with Gasteiger partial charge in [0, 0.05) is 17.3 Å². The summed E-state index contributed by atoms with van der Waals surface area (Å²) >= 11 is 0. The molecule has 3 fully saturated rings. The van der Waals surface area contributed by atoms with Gasteiger partial charge in [-0.2, -0.15) is 0 Å². The second-order valence-corrected chi connectivity index (χ2v) is 13.6. The molecule has 4 aliphatic rings. The first-order valence-corrected chi connectivity index (χ1v) is 16.4. The summed E-state index contributed by atoms with van der Waals surface area (Å²) in [6.07, 6.45) is 2.70. The zero-order valence-electron chi connectivity index (χ0n) is 26.7. The molecule has 8 nitrogen and oxygen atoms in total. The maximum absolute atomic E-state index is 14.5. The van der Waals surface area contributed by atoms with Crippen LogP contribution in [0.25, 0.3) is 0 Å². The van der Waals surface area contributed by atoms with Crippen LogP contribution in [0.2, 0.25) is 0 Å². The van der Waals surface area contributed by atoms with Crippen LogP contribution in [0.5, 0.6) is 5.75 Å². The molecule has 2 saturated heterocycles. The molecule has 2 aliphatic heterocycles. The lowest BCUT2D eigenvalue weighted by Gasteiger charge is -2.49. The summed E-state index contributed by atoms with van der Waals surface area (Å²) in [6.45, 7) is 3.68. The number of benzene rings is 4. The Morgan fingerprint density at radius 2 is 1.38 bits per heavy atom. The number of amides is 4. The van der Waals surface area contributed by atoms with Gasteiger partial charge in [-0.3, -0.25) is 24.1 Å². The predicted molar refractivity (Wildman–Crippen MR) is 183 cm³/mol. The Balaban J connectivity index is 1.18. The minimum atomic E-state index is -1.13. The van der Waals surface area contributed by atoms with Gasteiger partial charge in [-0.25, -0.2) is 4.90 Å². The van der Waals surface area contributed by atoms with Crippen molar-refractivity contribution >= 4 is 46.4 Å². The lowest BCUT2D eigenvalue weighted by Crippen LogP contribution is -2.48. The molecule has 6 unspecified atom stereocenters. The van der Waals surface area contributed by atoms with E-state index in [0.717, 1.165) is 22.5 Å². The van der Waals surface area contributed by atoms with Gasteiger partial charge in [0.25, 0.3) is 0 Å². The highest BCUT2D eigenvalue weighted by atomic mass is 16.3. The van der Waals surface area contributed by atoms with Gasteiger partial charge in [0.05, 0.1) is 34.5 Å². The molecule has 0 bridgehead atoms. The normalized spacial score (nSPS) is 27.8. The van der Waals surface area contributed by atoms with Gasteiger partial charge in [-0.05, 0) is 98.3 Å². The third kappa shape index (κ3) is 4.35. The smallest absolute Gasteiger partial charge is 0.241 e. The molecular weight excluding hydrogens is 602 g/mol. The number of carbonyl (C=O) groups excluding carboxylic acids is 4. The van der Waals surface area contributed by atoms with E-state index in [1.165, 1.54) is 9.80 Å². The molecule has 48 heavy (non-hydrogen) atoms. The molecule has 2 heterocycles. The van der Waals surface area contributed by atoms with Crippen molar-refractivity contribution in [2.45, 2.75) is 32.6 Å². The average Bonchev–Trinajstić information content (AvgIpc) is 3.46. The van der Waals surface area contributed by atoms with Crippen LogP contribution in [0.3, 0.4) is 0 Å². The van der Waals surface area contributed by atoms with Crippen LogP contribution in [-0.4, -0.2) is 28.7 Å². The first-order valence-electron chi connectivity index (χ1n) is 16.4. The Kier molecular flexibility index (Phi) is 6.87. The molecule has 0 radical (unpaired) electrons. The van der Waals surface area contributed by atoms with Gasteiger partial charge in [0.2, 0.25) is 23.6 Å². The number of imide groups is 2. The Hall–Kier alpha value is -5.50. The van der Waals surface area contributed by atoms with Crippen LogP contribution >= 0.6 is 0 Å². The molecule has 2 aliphatic carbocycles. The fourth-order valence-corrected chi connectivity index (χ4v) is 8.71. The second kappa shape index (κ2) is 11.0. The zero-order chi connectivity index (χ0) is 33.3. The van der Waals surface area contributed by atoms with Crippen molar-refractivity contribution in [3.05, 3.63) is 126 Å². The molecule has 4 amide bonds. The van der Waals surface area contributed by atoms with Crippen LogP contribution in [0.15, 0.2) is 115 Å². The number of phenolic OH excluding ortho intramolecular Hbond substituents is 1. The van der Waals surface area contributed by atoms with E-state index in [4.69, 9.17) is 0 Å². The van der Waals surface area contributed by atoms with Crippen LogP contribution in [0.1, 0.15) is 36.8 Å². The highest BCUT2D eigenvalue weighted by Crippen LogP contribution is 2.63. The topological polar surface area (TPSA) is 107 Å². The maximum Gasteiger partial charge on any atom is 0.241 e. The van der Waals surface area contributed by atoms with E-state index < -0.39 is 35.0 Å². The van der Waals surface area contributed by atoms with E-state index in [0.29, 0.717) is 23.4 Å². The van der Waals surface area contributed by atoms with Crippen molar-refractivity contribution < 1.29 is 24.3 Å². The lowest BCUT2D eigenvalue weighted by atomic mass is 9.51. The minimum Gasteiger partial charge on any atom is -0.508 e. The third-order valence-electron chi connectivity index (χ3n) is 11.0. The van der Waals surface area contributed by atoms with Crippen LogP contribution in [0.4, 0.5) is 22.7 Å². The summed E-state index contributed by atoms with van der Waals surface area (Å²) < 4.78 is 0. The fraction of sp³-hybridized carbons (Fsp3) is 0.250. The maximum atomic E-state index is 14.5. The number of hydrogen-bond donors (Lipinski definition) is 2. The van der Waals surface area contributed by atoms with Crippen molar-refractivity contribution in [3.8, 4) is 5.75 Å². The van der Waals surface area contributed by atoms with E-state index in [-0.39, 0.29) is 35.8 Å². The van der Waals surface area contributed by atoms with Crippen molar-refractivity contribution in [1.29, 1.82) is 0 Å². The Morgan fingerprint density at radius 1 is 0.729 bits per heavy atom. The number of fused-ring (bicyclic) bond motifs is 4. The van der Waals surface area contributed by atoms with Gasteiger partial charge in [-0.1, -0.05) is 60.2 Å². The minimum absolute atomic E-state index is 0.141. The number of allylic oxidation sites excluding steroid dienone is 2. The quantitative estimate of drug-likeness (QED) is 0.183. The number of nitrogens with zero attached hydrogens (tertiary/aromatic N) is 2. The molecular formula is C40H35N3O5. The van der Waals surface area contributed by atoms with Gasteiger partial charge in [0.1, 0.15) is 5.75 Å². The number of carbonyl (C=O) groups is 4. The van der Waals surface area contributed by atoms with Crippen molar-refractivity contribution in [3.63, 3.8) is 0 Å². The van der Waals surface area contributed by atoms with Gasteiger partial charge >= 0.3 is 0 Å². The number of anilines is 4. The Bertz CT molecular complexity index is 2010. The molecule has 8 rings (SSSR count). The number of hydrogen-bond acceptors (Lipinski definition) is 6. The molecule has 4 aromatic carbocycles. The summed E-state index contributed by atoms with van der Waals surface area (Å²) in [5, 5.41) is 13.7. The van der Waals surface area contributed by atoms with Gasteiger partial charge in [-0.15, -0.1) is 0 Å². The van der Waals surface area contributed by atoms with E-state index >= 15 is 0 Å². The monoisotopic (exact) mass is 637 g/mol. The molecule has 1 saturated carbocycles. The van der Waals surface area contributed by atoms with Crippen molar-refractivity contribution in [2.75, 3.05) is 15.1 Å². The highest BCUT2D eigenvalue weighted by Gasteiger charge is 2.67. The average molecular weight is 638 g/mol. The largest absolute Gasteiger partial charge is 0.508 e. The van der Waals surface area contributed by atoms with Crippen LogP contribution < -0.4 is 15.1 Å². The first-order chi connectivity index (χ1) is 23.2. The van der Waals surface area contributed by atoms with Crippen LogP contribution in [0, 0.1) is 36.0 Å². The number of rotatable bonds is 5. The molecule has 240 valence electrons. The van der Waals surface area contributed by atoms with E-state index in [9.17, 15) is 24.3 Å². The summed E-state index contributed by atoms with van der Waals surface area (Å²) in [7, 11) is 0. The van der Waals surface area contributed by atoms with Gasteiger partial charge in [0.15, 0.2) is 0 Å². The summed E-state index contributed by atoms with van der Waals surface area (Å²) in [5.74, 6) is -3.78. The number of phenols is 1. The predicted octanol–water partition coefficient (Wildman–Crippen LogP) is 6.88. The number of aryl methyl sites for hydroxylation is 1. The summed E-state index contributed by atoms with van der Waals surface area (Å²) in [5.41, 5.74) is 4.03. The molecule has 2 N–H and O–H groups in total. The Labute approximate surface area is 278 Å². The highest BCUT2D eigenvalue weighted by molar-refractivity contribution is 6.25. The molecule has 8 heteroatoms. The second-order valence-electron chi connectivity index (χ2n) is 13.6. The third-order valence-corrected chi connectivity index (χ3v) is 11.0. The molecule has 0 aromatic heterocycles. The van der Waals surface area contributed by atoms with Crippen LogP contribution in [-0.2, 0) is 19.2 Å². The number of aromatic hydroxyl groups is 1. The zero-order valence-corrected chi connectivity index (χ0v) is 26.7. The van der Waals surface area contributed by atoms with E-state index in [1.807, 2.05) is 73.7 Å². The molecule has 0 spiro atoms. The van der Waals surface area contributed by atoms with E-state index in [2.05, 4.69) is 5.32 Å². The standard InChI is InChI=1S/C40H35N3O5/c1-23-21-24(13-20-33(23)44)35-29-18-19-30-34(31(29)22-32-37(46)43(39(48)40(32,35)2)27-11-7-4-8-12-27)38(47)42(36(30)45)28-16-14-26(15-17-28)41-25-9-5-3-6-10-25/h3-18,20-21,30-32,34-35,41,44H,19,22H2,1-2H3. The van der Waals surface area contributed by atoms with Crippen molar-refractivity contribution in [2.24, 2.45) is 29.1 Å². The van der Waals surface area contributed by atoms with E-state index in [1.54, 1.807) is 49.4 Å². The number of para-hydroxylation sites is 2. The SMILES string of the molecule is Cc1cc(C2C3=CCC4C(=O)N(c5ccc(Nc6ccccc6)cc5)C(=O)C4C3CC3C(=O)N(c4ccccc4)C(=O)C32C)ccc1O. The lowest BCUT2D eigenvalue weighted by molar-refractivity contribution is -0.131. The molecule has 6 atom stereocenters. The van der Waals surface area contributed by atoms with Gasteiger partial charge < -0.3 is 10.4 Å². The first kappa shape index (κ1) is 29.9. The number of nitrogens with one attached hydrogen (secondary N) is 1. The molecule has 4 aromatic rings. The van der Waals surface area contributed by atoms with Crippen molar-refractivity contribution in [1.82, 2.24) is 0 Å². The Morgan fingerprint density at radius 3 is 2.06 bits per heavy atom. The fourth-order valence-electron chi connectivity index (χ4n) is 8.71. The summed E-state index contributed by atoms with van der Waals surface area (Å²) in [6, 6.07) is 31.3. The summed E-state index contributed by atoms with van der Waals surface area (Å²) in [4.78, 5) is 59.8.